The van der Waals surface area contributed by atoms with Crippen molar-refractivity contribution < 1.29 is 18.3 Å². The predicted molar refractivity (Wildman–Crippen MR) is 79.0 cm³/mol. The van der Waals surface area contributed by atoms with Crippen molar-refractivity contribution in [2.24, 2.45) is 0 Å². The van der Waals surface area contributed by atoms with Gasteiger partial charge in [0.2, 0.25) is 5.89 Å². The summed E-state index contributed by atoms with van der Waals surface area (Å²) in [5.74, 6) is 3.65. The number of nitrogens with zero attached hydrogens (tertiary/aromatic N) is 2. The smallest absolute Gasteiger partial charge is 0.283 e. The maximum absolute atomic E-state index is 5.57. The van der Waals surface area contributed by atoms with Gasteiger partial charge in [-0.1, -0.05) is 0 Å². The summed E-state index contributed by atoms with van der Waals surface area (Å²) in [6.07, 6.45) is 1.57. The van der Waals surface area contributed by atoms with Crippen LogP contribution in [0.2, 0.25) is 0 Å². The minimum absolute atomic E-state index is 0.391. The maximum Gasteiger partial charge on any atom is 0.283 e. The minimum atomic E-state index is 0.391. The Morgan fingerprint density at radius 1 is 1.05 bits per heavy atom. The van der Waals surface area contributed by atoms with Gasteiger partial charge in [-0.3, -0.25) is 0 Å². The summed E-state index contributed by atoms with van der Waals surface area (Å²) in [7, 11) is 0. The van der Waals surface area contributed by atoms with Crippen LogP contribution < -0.4 is 9.47 Å². The number of fused-ring (bicyclic) bond motifs is 1. The number of thioether (sulfide) groups is 1. The van der Waals surface area contributed by atoms with Crippen molar-refractivity contribution in [1.82, 2.24) is 10.2 Å². The highest BCUT2D eigenvalue weighted by Gasteiger charge is 2.14. The number of rotatable bonds is 4. The lowest BCUT2D eigenvalue weighted by Crippen LogP contribution is -2.15. The second-order valence-electron chi connectivity index (χ2n) is 4.57. The maximum atomic E-state index is 5.57. The van der Waals surface area contributed by atoms with Gasteiger partial charge in [-0.25, -0.2) is 0 Å². The fourth-order valence-electron chi connectivity index (χ4n) is 2.07. The van der Waals surface area contributed by atoms with Gasteiger partial charge >= 0.3 is 0 Å². The zero-order valence-corrected chi connectivity index (χ0v) is 12.3. The Morgan fingerprint density at radius 3 is 2.82 bits per heavy atom. The van der Waals surface area contributed by atoms with Gasteiger partial charge in [-0.05, 0) is 30.3 Å². The lowest BCUT2D eigenvalue weighted by Gasteiger charge is -2.18. The summed E-state index contributed by atoms with van der Waals surface area (Å²) in [4.78, 5) is 1.06. The molecule has 1 aliphatic rings. The van der Waals surface area contributed by atoms with E-state index in [1.54, 1.807) is 30.2 Å². The average molecular weight is 316 g/mol. The van der Waals surface area contributed by atoms with Crippen molar-refractivity contribution >= 4 is 11.8 Å². The lowest BCUT2D eigenvalue weighted by atomic mass is 10.3. The quantitative estimate of drug-likeness (QED) is 0.683. The molecule has 1 aromatic carbocycles. The van der Waals surface area contributed by atoms with Gasteiger partial charge in [-0.2, -0.15) is 0 Å². The van der Waals surface area contributed by atoms with E-state index in [0.717, 1.165) is 16.4 Å². The number of aromatic nitrogens is 2. The van der Waals surface area contributed by atoms with Crippen molar-refractivity contribution in [2.75, 3.05) is 13.2 Å². The number of hydrogen-bond acceptors (Lipinski definition) is 7. The predicted octanol–water partition coefficient (Wildman–Crippen LogP) is 3.39. The Morgan fingerprint density at radius 2 is 1.95 bits per heavy atom. The van der Waals surface area contributed by atoms with Crippen LogP contribution in [0.3, 0.4) is 0 Å². The SMILES string of the molecule is c1coc(-c2nnc(CSc3ccc4c(c3)OCCO4)o2)c1. The summed E-state index contributed by atoms with van der Waals surface area (Å²) in [6.45, 7) is 1.17. The van der Waals surface area contributed by atoms with Crippen LogP contribution in [-0.4, -0.2) is 23.4 Å². The van der Waals surface area contributed by atoms with Crippen LogP contribution >= 0.6 is 11.8 Å². The van der Waals surface area contributed by atoms with Crippen molar-refractivity contribution in [1.29, 1.82) is 0 Å². The Kier molecular flexibility index (Phi) is 3.48. The molecule has 0 aliphatic carbocycles. The molecule has 0 unspecified atom stereocenters. The second kappa shape index (κ2) is 5.76. The number of ether oxygens (including phenoxy) is 2. The molecule has 22 heavy (non-hydrogen) atoms. The molecule has 0 radical (unpaired) electrons. The molecular formula is C15H12N2O4S. The molecule has 7 heteroatoms. The first-order chi connectivity index (χ1) is 10.9. The molecule has 6 nitrogen and oxygen atoms in total. The molecule has 0 spiro atoms. The third-order valence-electron chi connectivity index (χ3n) is 3.07. The van der Waals surface area contributed by atoms with E-state index >= 15 is 0 Å². The highest BCUT2D eigenvalue weighted by Crippen LogP contribution is 2.35. The fraction of sp³-hybridized carbons (Fsp3) is 0.200. The molecule has 2 aromatic heterocycles. The molecule has 0 N–H and O–H groups in total. The molecule has 0 saturated heterocycles. The van der Waals surface area contributed by atoms with Gasteiger partial charge in [0.25, 0.3) is 5.89 Å². The first kappa shape index (κ1) is 13.3. The van der Waals surface area contributed by atoms with Crippen LogP contribution in [0.25, 0.3) is 11.7 Å². The lowest BCUT2D eigenvalue weighted by molar-refractivity contribution is 0.171. The third-order valence-corrected chi connectivity index (χ3v) is 4.05. The normalized spacial score (nSPS) is 13.3. The van der Waals surface area contributed by atoms with E-state index in [4.69, 9.17) is 18.3 Å². The van der Waals surface area contributed by atoms with E-state index in [9.17, 15) is 0 Å². The average Bonchev–Trinajstić information content (AvgIpc) is 3.24. The highest BCUT2D eigenvalue weighted by atomic mass is 32.2. The highest BCUT2D eigenvalue weighted by molar-refractivity contribution is 7.98. The molecule has 1 aliphatic heterocycles. The van der Waals surface area contributed by atoms with E-state index in [2.05, 4.69) is 10.2 Å². The third kappa shape index (κ3) is 2.67. The summed E-state index contributed by atoms with van der Waals surface area (Å²) < 4.78 is 21.9. The van der Waals surface area contributed by atoms with Gasteiger partial charge in [0, 0.05) is 4.90 Å². The molecule has 0 bridgehead atoms. The molecular weight excluding hydrogens is 304 g/mol. The van der Waals surface area contributed by atoms with Crippen LogP contribution in [0.1, 0.15) is 5.89 Å². The van der Waals surface area contributed by atoms with E-state index in [1.807, 2.05) is 18.2 Å². The molecule has 3 heterocycles. The molecule has 0 saturated carbocycles. The standard InChI is InChI=1S/C15H12N2O4S/c1-2-12(18-5-1)15-17-16-14(21-15)9-22-10-3-4-11-13(8-10)20-7-6-19-11/h1-5,8H,6-7,9H2. The largest absolute Gasteiger partial charge is 0.486 e. The molecule has 4 rings (SSSR count). The summed E-state index contributed by atoms with van der Waals surface area (Å²) in [5, 5.41) is 7.99. The number of benzene rings is 1. The Hall–Kier alpha value is -2.41. The van der Waals surface area contributed by atoms with Gasteiger partial charge < -0.3 is 18.3 Å². The monoisotopic (exact) mass is 316 g/mol. The van der Waals surface area contributed by atoms with Crippen LogP contribution in [0, 0.1) is 0 Å². The van der Waals surface area contributed by atoms with Crippen molar-refractivity contribution in [3.8, 4) is 23.1 Å². The van der Waals surface area contributed by atoms with Gasteiger partial charge in [0.1, 0.15) is 13.2 Å². The van der Waals surface area contributed by atoms with Crippen molar-refractivity contribution in [3.63, 3.8) is 0 Å². The number of hydrogen-bond donors (Lipinski definition) is 0. The topological polar surface area (TPSA) is 70.5 Å². The first-order valence-electron chi connectivity index (χ1n) is 6.77. The summed E-state index contributed by atoms with van der Waals surface area (Å²) >= 11 is 1.59. The van der Waals surface area contributed by atoms with E-state index in [1.165, 1.54) is 0 Å². The number of furan rings is 1. The van der Waals surface area contributed by atoms with Crippen LogP contribution in [0.15, 0.2) is 50.3 Å². The van der Waals surface area contributed by atoms with Crippen LogP contribution in [0.5, 0.6) is 11.5 Å². The van der Waals surface area contributed by atoms with Gasteiger partial charge in [-0.15, -0.1) is 22.0 Å². The second-order valence-corrected chi connectivity index (χ2v) is 5.62. The summed E-state index contributed by atoms with van der Waals surface area (Å²) in [6, 6.07) is 9.43. The van der Waals surface area contributed by atoms with Gasteiger partial charge in [0.05, 0.1) is 12.0 Å². The van der Waals surface area contributed by atoms with Crippen molar-refractivity contribution in [3.05, 3.63) is 42.5 Å². The molecule has 3 aromatic rings. The van der Waals surface area contributed by atoms with Gasteiger partial charge in [0.15, 0.2) is 17.3 Å². The molecule has 112 valence electrons. The van der Waals surface area contributed by atoms with Crippen LogP contribution in [0.4, 0.5) is 0 Å². The zero-order valence-electron chi connectivity index (χ0n) is 11.5. The molecule has 0 fully saturated rings. The first-order valence-corrected chi connectivity index (χ1v) is 7.76. The molecule has 0 amide bonds. The van der Waals surface area contributed by atoms with E-state index < -0.39 is 0 Å². The molecule has 0 atom stereocenters. The Bertz CT molecular complexity index is 770. The van der Waals surface area contributed by atoms with Crippen LogP contribution in [-0.2, 0) is 5.75 Å². The van der Waals surface area contributed by atoms with E-state index in [0.29, 0.717) is 36.5 Å². The zero-order chi connectivity index (χ0) is 14.8. The Labute approximate surface area is 130 Å². The van der Waals surface area contributed by atoms with Crippen molar-refractivity contribution in [2.45, 2.75) is 10.6 Å². The Balaban J connectivity index is 1.44. The van der Waals surface area contributed by atoms with E-state index in [-0.39, 0.29) is 0 Å². The summed E-state index contributed by atoms with van der Waals surface area (Å²) in [5.41, 5.74) is 0. The fourth-order valence-corrected chi connectivity index (χ4v) is 2.83. The minimum Gasteiger partial charge on any atom is -0.486 e.